The summed E-state index contributed by atoms with van der Waals surface area (Å²) >= 11 is 3.39. The van der Waals surface area contributed by atoms with Crippen LogP contribution in [0.4, 0.5) is 0 Å². The van der Waals surface area contributed by atoms with E-state index >= 15 is 0 Å². The van der Waals surface area contributed by atoms with Gasteiger partial charge in [-0.1, -0.05) is 22.9 Å². The number of nitrogens with one attached hydrogen (secondary N) is 1. The molecule has 0 radical (unpaired) electrons. The van der Waals surface area contributed by atoms with Gasteiger partial charge in [-0.25, -0.2) is 0 Å². The molecule has 1 aromatic heterocycles. The summed E-state index contributed by atoms with van der Waals surface area (Å²) in [6.45, 7) is 4.72. The van der Waals surface area contributed by atoms with Crippen LogP contribution in [0.2, 0.25) is 0 Å². The Hall–Kier alpha value is -0.840. The first-order chi connectivity index (χ1) is 7.56. The zero-order valence-corrected chi connectivity index (χ0v) is 11.5. The summed E-state index contributed by atoms with van der Waals surface area (Å²) in [6.07, 6.45) is 2.67. The second kappa shape index (κ2) is 6.03. The van der Waals surface area contributed by atoms with Crippen LogP contribution in [0, 0.1) is 12.8 Å². The van der Waals surface area contributed by atoms with Gasteiger partial charge in [-0.2, -0.15) is 5.10 Å². The van der Waals surface area contributed by atoms with E-state index in [9.17, 15) is 4.79 Å². The van der Waals surface area contributed by atoms with Gasteiger partial charge in [0.15, 0.2) is 0 Å². The largest absolute Gasteiger partial charge is 0.352 e. The number of amides is 1. The molecule has 1 amide bonds. The molecule has 0 spiro atoms. The number of hydrogen-bond donors (Lipinski definition) is 1. The van der Waals surface area contributed by atoms with Crippen molar-refractivity contribution >= 4 is 21.8 Å². The van der Waals surface area contributed by atoms with Crippen LogP contribution >= 0.6 is 15.9 Å². The van der Waals surface area contributed by atoms with E-state index in [0.29, 0.717) is 18.0 Å². The quantitative estimate of drug-likeness (QED) is 0.841. The maximum atomic E-state index is 11.8. The number of aromatic nitrogens is 2. The summed E-state index contributed by atoms with van der Waals surface area (Å²) in [6, 6.07) is 0. The maximum absolute atomic E-state index is 11.8. The van der Waals surface area contributed by atoms with Crippen LogP contribution < -0.4 is 5.32 Å². The van der Waals surface area contributed by atoms with Crippen molar-refractivity contribution in [3.05, 3.63) is 17.5 Å². The average Bonchev–Trinajstić information content (AvgIpc) is 2.57. The van der Waals surface area contributed by atoms with Gasteiger partial charge in [0.05, 0.1) is 11.8 Å². The van der Waals surface area contributed by atoms with Gasteiger partial charge in [0.1, 0.15) is 0 Å². The first kappa shape index (κ1) is 13.2. The summed E-state index contributed by atoms with van der Waals surface area (Å²) in [5.74, 6) is 0.451. The van der Waals surface area contributed by atoms with Gasteiger partial charge in [0, 0.05) is 24.6 Å². The fourth-order valence-corrected chi connectivity index (χ4v) is 2.15. The topological polar surface area (TPSA) is 46.9 Å². The van der Waals surface area contributed by atoms with Crippen LogP contribution in [0.25, 0.3) is 0 Å². The Bertz CT molecular complexity index is 362. The average molecular weight is 288 g/mol. The molecule has 90 valence electrons. The lowest BCUT2D eigenvalue weighted by Crippen LogP contribution is -2.28. The van der Waals surface area contributed by atoms with Crippen molar-refractivity contribution in [2.75, 3.05) is 11.9 Å². The van der Waals surface area contributed by atoms with E-state index in [1.807, 2.05) is 14.0 Å². The van der Waals surface area contributed by atoms with Gasteiger partial charge in [-0.3, -0.25) is 9.48 Å². The summed E-state index contributed by atoms with van der Waals surface area (Å²) in [7, 11) is 1.83. The smallest absolute Gasteiger partial charge is 0.254 e. The van der Waals surface area contributed by atoms with E-state index in [-0.39, 0.29) is 5.91 Å². The van der Waals surface area contributed by atoms with Crippen LogP contribution in [0.15, 0.2) is 6.20 Å². The molecule has 1 heterocycles. The predicted octanol–water partition coefficient (Wildman–Crippen LogP) is 1.88. The van der Waals surface area contributed by atoms with Gasteiger partial charge in [-0.15, -0.1) is 0 Å². The van der Waals surface area contributed by atoms with Crippen LogP contribution in [0.1, 0.15) is 29.4 Å². The lowest BCUT2D eigenvalue weighted by Gasteiger charge is -2.10. The Balaban J connectivity index is 2.50. The van der Waals surface area contributed by atoms with Crippen LogP contribution in [0.3, 0.4) is 0 Å². The minimum Gasteiger partial charge on any atom is -0.352 e. The Morgan fingerprint density at radius 2 is 2.38 bits per heavy atom. The molecule has 0 saturated heterocycles. The summed E-state index contributed by atoms with van der Waals surface area (Å²) in [4.78, 5) is 11.8. The Morgan fingerprint density at radius 3 is 2.88 bits per heavy atom. The van der Waals surface area contributed by atoms with Crippen LogP contribution in [-0.4, -0.2) is 27.6 Å². The highest BCUT2D eigenvalue weighted by atomic mass is 79.9. The molecule has 1 rings (SSSR count). The highest BCUT2D eigenvalue weighted by molar-refractivity contribution is 9.09. The SMILES string of the molecule is Cc1c(C(=O)NCC(C)CCBr)cnn1C. The Labute approximate surface area is 105 Å². The standard InChI is InChI=1S/C11H18BrN3O/c1-8(4-5-12)6-13-11(16)10-7-14-15(3)9(10)2/h7-8H,4-6H2,1-3H3,(H,13,16). The molecule has 16 heavy (non-hydrogen) atoms. The second-order valence-electron chi connectivity index (χ2n) is 4.06. The monoisotopic (exact) mass is 287 g/mol. The molecule has 1 aromatic rings. The van der Waals surface area contributed by atoms with Crippen molar-refractivity contribution in [3.8, 4) is 0 Å². The number of nitrogens with zero attached hydrogens (tertiary/aromatic N) is 2. The molecular formula is C11H18BrN3O. The van der Waals surface area contributed by atoms with Crippen LogP contribution in [-0.2, 0) is 7.05 Å². The first-order valence-electron chi connectivity index (χ1n) is 5.39. The second-order valence-corrected chi connectivity index (χ2v) is 4.85. The lowest BCUT2D eigenvalue weighted by atomic mass is 10.1. The first-order valence-corrected chi connectivity index (χ1v) is 6.51. The molecule has 0 aliphatic heterocycles. The third kappa shape index (κ3) is 3.33. The molecule has 1 unspecified atom stereocenters. The van der Waals surface area contributed by atoms with Gasteiger partial charge in [0.25, 0.3) is 5.91 Å². The number of rotatable bonds is 5. The van der Waals surface area contributed by atoms with E-state index < -0.39 is 0 Å². The fourth-order valence-electron chi connectivity index (χ4n) is 1.37. The van der Waals surface area contributed by atoms with Gasteiger partial charge >= 0.3 is 0 Å². The molecule has 0 aromatic carbocycles. The highest BCUT2D eigenvalue weighted by Crippen LogP contribution is 2.06. The highest BCUT2D eigenvalue weighted by Gasteiger charge is 2.13. The van der Waals surface area contributed by atoms with Crippen molar-refractivity contribution in [3.63, 3.8) is 0 Å². The number of hydrogen-bond acceptors (Lipinski definition) is 2. The van der Waals surface area contributed by atoms with E-state index in [1.54, 1.807) is 10.9 Å². The lowest BCUT2D eigenvalue weighted by molar-refractivity contribution is 0.0947. The van der Waals surface area contributed by atoms with Crippen LogP contribution in [0.5, 0.6) is 0 Å². The number of carbonyl (C=O) groups is 1. The van der Waals surface area contributed by atoms with Gasteiger partial charge in [-0.05, 0) is 19.3 Å². The van der Waals surface area contributed by atoms with Crippen molar-refractivity contribution < 1.29 is 4.79 Å². The minimum absolute atomic E-state index is 0.0352. The van der Waals surface area contributed by atoms with E-state index in [0.717, 1.165) is 17.4 Å². The Kier molecular flexibility index (Phi) is 4.99. The van der Waals surface area contributed by atoms with Gasteiger partial charge in [0.2, 0.25) is 0 Å². The molecule has 0 saturated carbocycles. The molecular weight excluding hydrogens is 270 g/mol. The Morgan fingerprint density at radius 1 is 1.69 bits per heavy atom. The third-order valence-corrected chi connectivity index (χ3v) is 3.15. The third-order valence-electron chi connectivity index (χ3n) is 2.69. The number of alkyl halides is 1. The fraction of sp³-hybridized carbons (Fsp3) is 0.636. The molecule has 1 atom stereocenters. The number of halogens is 1. The summed E-state index contributed by atoms with van der Waals surface area (Å²) in [5.41, 5.74) is 1.55. The van der Waals surface area contributed by atoms with Gasteiger partial charge < -0.3 is 5.32 Å². The molecule has 5 heteroatoms. The molecule has 4 nitrogen and oxygen atoms in total. The van der Waals surface area contributed by atoms with Crippen molar-refractivity contribution in [1.82, 2.24) is 15.1 Å². The summed E-state index contributed by atoms with van der Waals surface area (Å²) < 4.78 is 1.71. The normalized spacial score (nSPS) is 12.5. The zero-order chi connectivity index (χ0) is 12.1. The van der Waals surface area contributed by atoms with E-state index in [2.05, 4.69) is 33.3 Å². The number of carbonyl (C=O) groups excluding carboxylic acids is 1. The molecule has 0 fully saturated rings. The molecule has 0 aliphatic rings. The van der Waals surface area contributed by atoms with Crippen molar-refractivity contribution in [1.29, 1.82) is 0 Å². The molecule has 1 N–H and O–H groups in total. The predicted molar refractivity (Wildman–Crippen MR) is 67.9 cm³/mol. The summed E-state index contributed by atoms with van der Waals surface area (Å²) in [5, 5.41) is 7.94. The minimum atomic E-state index is -0.0352. The van der Waals surface area contributed by atoms with E-state index in [1.165, 1.54) is 0 Å². The number of aryl methyl sites for hydroxylation is 1. The maximum Gasteiger partial charge on any atom is 0.254 e. The molecule has 0 aliphatic carbocycles. The van der Waals surface area contributed by atoms with Crippen molar-refractivity contribution in [2.45, 2.75) is 20.3 Å². The van der Waals surface area contributed by atoms with E-state index in [4.69, 9.17) is 0 Å². The van der Waals surface area contributed by atoms with Crippen molar-refractivity contribution in [2.24, 2.45) is 13.0 Å². The molecule has 0 bridgehead atoms. The zero-order valence-electron chi connectivity index (χ0n) is 9.96.